The van der Waals surface area contributed by atoms with Crippen LogP contribution in [0.5, 0.6) is 0 Å². The van der Waals surface area contributed by atoms with E-state index in [-0.39, 0.29) is 30.1 Å². The van der Waals surface area contributed by atoms with E-state index < -0.39 is 47.1 Å². The minimum atomic E-state index is -4.75. The number of carbonyl (C=O) groups is 3. The molecule has 1 atom stereocenters. The molecule has 3 amide bonds. The molecule has 2 aromatic carbocycles. The summed E-state index contributed by atoms with van der Waals surface area (Å²) in [6.45, 7) is 0.584. The average Bonchev–Trinajstić information content (AvgIpc) is 3.05. The van der Waals surface area contributed by atoms with Gasteiger partial charge in [0.15, 0.2) is 5.92 Å². The van der Waals surface area contributed by atoms with Crippen LogP contribution in [-0.2, 0) is 41.1 Å². The van der Waals surface area contributed by atoms with Crippen molar-refractivity contribution in [2.45, 2.75) is 19.6 Å². The number of ether oxygens (including phenoxy) is 1. The summed E-state index contributed by atoms with van der Waals surface area (Å²) in [4.78, 5) is 53.5. The van der Waals surface area contributed by atoms with Crippen molar-refractivity contribution >= 4 is 46.2 Å². The zero-order chi connectivity index (χ0) is 27.2. The summed E-state index contributed by atoms with van der Waals surface area (Å²) in [6.07, 6.45) is -4.75. The second-order valence-electron chi connectivity index (χ2n) is 8.47. The maximum absolute atomic E-state index is 13.5. The van der Waals surface area contributed by atoms with Crippen LogP contribution in [-0.4, -0.2) is 45.1 Å². The van der Waals surface area contributed by atoms with Gasteiger partial charge in [-0.3, -0.25) is 28.5 Å². The van der Waals surface area contributed by atoms with Crippen LogP contribution >= 0.6 is 11.6 Å². The number of hydrogen-bond acceptors (Lipinski definition) is 5. The number of benzene rings is 2. The number of rotatable bonds is 5. The molecule has 0 radical (unpaired) electrons. The standard InChI is InChI=1S/C24H22ClF3N4O5/c1-4-37-21(34)15-12-31(14-8-9-17-18(10-14)30(3)22(35)29(17)2)23(36)32(20(15)33)11-13-6-5-7-16(19(13)25)24(26,27)28/h5-10,15H,4,11-12H2,1-3H3. The Morgan fingerprint density at radius 2 is 1.76 bits per heavy atom. The first-order chi connectivity index (χ1) is 17.4. The highest BCUT2D eigenvalue weighted by molar-refractivity contribution is 6.32. The zero-order valence-corrected chi connectivity index (χ0v) is 20.8. The van der Waals surface area contributed by atoms with Crippen molar-refractivity contribution in [1.82, 2.24) is 14.0 Å². The predicted octanol–water partition coefficient (Wildman–Crippen LogP) is 3.70. The van der Waals surface area contributed by atoms with Gasteiger partial charge in [-0.25, -0.2) is 9.59 Å². The third-order valence-corrected chi connectivity index (χ3v) is 6.69. The second-order valence-corrected chi connectivity index (χ2v) is 8.85. The van der Waals surface area contributed by atoms with Gasteiger partial charge in [-0.05, 0) is 36.8 Å². The Morgan fingerprint density at radius 3 is 2.41 bits per heavy atom. The molecule has 0 saturated carbocycles. The number of aromatic nitrogens is 2. The molecule has 1 saturated heterocycles. The van der Waals surface area contributed by atoms with E-state index in [2.05, 4.69) is 0 Å². The lowest BCUT2D eigenvalue weighted by molar-refractivity contribution is -0.154. The lowest BCUT2D eigenvalue weighted by Crippen LogP contribution is -2.58. The van der Waals surface area contributed by atoms with Crippen molar-refractivity contribution in [2.24, 2.45) is 20.0 Å². The summed E-state index contributed by atoms with van der Waals surface area (Å²) in [5.41, 5.74) is -0.166. The normalized spacial score (nSPS) is 16.6. The van der Waals surface area contributed by atoms with Crippen LogP contribution in [0.25, 0.3) is 11.0 Å². The average molecular weight is 539 g/mol. The molecule has 4 rings (SSSR count). The summed E-state index contributed by atoms with van der Waals surface area (Å²) < 4.78 is 47.9. The van der Waals surface area contributed by atoms with Crippen LogP contribution in [0.15, 0.2) is 41.2 Å². The van der Waals surface area contributed by atoms with Gasteiger partial charge in [0, 0.05) is 19.8 Å². The largest absolute Gasteiger partial charge is 0.465 e. The van der Waals surface area contributed by atoms with E-state index in [1.807, 2.05) is 0 Å². The van der Waals surface area contributed by atoms with Crippen LogP contribution in [0, 0.1) is 5.92 Å². The molecule has 9 nitrogen and oxygen atoms in total. The summed E-state index contributed by atoms with van der Waals surface area (Å²) >= 11 is 6.00. The first kappa shape index (κ1) is 26.3. The Morgan fingerprint density at radius 1 is 1.08 bits per heavy atom. The monoisotopic (exact) mass is 538 g/mol. The Labute approximate surface area is 213 Å². The number of imide groups is 1. The number of urea groups is 1. The van der Waals surface area contributed by atoms with Crippen molar-refractivity contribution in [3.63, 3.8) is 0 Å². The van der Waals surface area contributed by atoms with E-state index in [9.17, 15) is 32.3 Å². The number of esters is 1. The molecule has 13 heteroatoms. The molecule has 0 aliphatic carbocycles. The lowest BCUT2D eigenvalue weighted by atomic mass is 10.0. The van der Waals surface area contributed by atoms with E-state index in [1.54, 1.807) is 39.2 Å². The highest BCUT2D eigenvalue weighted by Gasteiger charge is 2.45. The van der Waals surface area contributed by atoms with Crippen LogP contribution in [0.4, 0.5) is 23.7 Å². The quantitative estimate of drug-likeness (QED) is 0.365. The Balaban J connectivity index is 1.78. The van der Waals surface area contributed by atoms with Crippen LogP contribution in [0.3, 0.4) is 0 Å². The van der Waals surface area contributed by atoms with Gasteiger partial charge in [0.2, 0.25) is 5.91 Å². The van der Waals surface area contributed by atoms with Gasteiger partial charge < -0.3 is 4.74 Å². The third-order valence-electron chi connectivity index (χ3n) is 6.24. The lowest BCUT2D eigenvalue weighted by Gasteiger charge is -2.37. The molecule has 3 aromatic rings. The van der Waals surface area contributed by atoms with Crippen molar-refractivity contribution in [3.8, 4) is 0 Å². The SMILES string of the molecule is CCOC(=O)C1CN(c2ccc3c(c2)n(C)c(=O)n3C)C(=O)N(Cc2cccc(C(F)(F)F)c2Cl)C1=O. The van der Waals surface area contributed by atoms with E-state index in [1.165, 1.54) is 15.2 Å². The van der Waals surface area contributed by atoms with Crippen LogP contribution in [0.1, 0.15) is 18.1 Å². The van der Waals surface area contributed by atoms with Gasteiger partial charge in [0.1, 0.15) is 0 Å². The van der Waals surface area contributed by atoms with Gasteiger partial charge in [-0.15, -0.1) is 0 Å². The van der Waals surface area contributed by atoms with Gasteiger partial charge >= 0.3 is 23.9 Å². The molecule has 0 bridgehead atoms. The number of aryl methyl sites for hydroxylation is 2. The molecular formula is C24H22ClF3N4O5. The number of alkyl halides is 3. The van der Waals surface area contributed by atoms with Crippen molar-refractivity contribution in [3.05, 3.63) is 63.0 Å². The van der Waals surface area contributed by atoms with E-state index in [4.69, 9.17) is 16.3 Å². The molecule has 37 heavy (non-hydrogen) atoms. The number of halogens is 4. The first-order valence-electron chi connectivity index (χ1n) is 11.2. The molecular weight excluding hydrogens is 517 g/mol. The number of fused-ring (bicyclic) bond motifs is 1. The van der Waals surface area contributed by atoms with Crippen LogP contribution in [0.2, 0.25) is 5.02 Å². The predicted molar refractivity (Wildman–Crippen MR) is 128 cm³/mol. The number of hydrogen-bond donors (Lipinski definition) is 0. The number of anilines is 1. The maximum atomic E-state index is 13.5. The van der Waals surface area contributed by atoms with Crippen molar-refractivity contribution in [1.29, 1.82) is 0 Å². The smallest absolute Gasteiger partial charge is 0.417 e. The Hall–Kier alpha value is -3.80. The van der Waals surface area contributed by atoms with E-state index >= 15 is 0 Å². The van der Waals surface area contributed by atoms with Gasteiger partial charge in [0.05, 0.1) is 41.3 Å². The molecule has 0 spiro atoms. The fraction of sp³-hybridized carbons (Fsp3) is 0.333. The van der Waals surface area contributed by atoms with Crippen molar-refractivity contribution < 1.29 is 32.3 Å². The molecule has 1 aliphatic heterocycles. The molecule has 0 N–H and O–H groups in total. The molecule has 2 heterocycles. The topological polar surface area (TPSA) is 93.8 Å². The molecule has 196 valence electrons. The van der Waals surface area contributed by atoms with E-state index in [0.717, 1.165) is 17.0 Å². The summed E-state index contributed by atoms with van der Waals surface area (Å²) in [7, 11) is 3.14. The third kappa shape index (κ3) is 4.57. The number of carbonyl (C=O) groups excluding carboxylic acids is 3. The van der Waals surface area contributed by atoms with Gasteiger partial charge in [0.25, 0.3) is 0 Å². The highest BCUT2D eigenvalue weighted by Crippen LogP contribution is 2.37. The second kappa shape index (κ2) is 9.58. The van der Waals surface area contributed by atoms with Crippen molar-refractivity contribution in [2.75, 3.05) is 18.1 Å². The highest BCUT2D eigenvalue weighted by atomic mass is 35.5. The summed E-state index contributed by atoms with van der Waals surface area (Å²) in [6, 6.07) is 7.03. The molecule has 1 unspecified atom stereocenters. The Kier molecular flexibility index (Phi) is 6.80. The number of imidazole rings is 1. The maximum Gasteiger partial charge on any atom is 0.417 e. The first-order valence-corrected chi connectivity index (χ1v) is 11.5. The minimum Gasteiger partial charge on any atom is -0.465 e. The van der Waals surface area contributed by atoms with E-state index in [0.29, 0.717) is 15.9 Å². The van der Waals surface area contributed by atoms with Gasteiger partial charge in [-0.2, -0.15) is 13.2 Å². The fourth-order valence-corrected chi connectivity index (χ4v) is 4.59. The van der Waals surface area contributed by atoms with Crippen LogP contribution < -0.4 is 10.6 Å². The molecule has 1 aliphatic rings. The minimum absolute atomic E-state index is 0.0197. The zero-order valence-electron chi connectivity index (χ0n) is 20.0. The number of nitrogens with zero attached hydrogens (tertiary/aromatic N) is 4. The number of amides is 3. The summed E-state index contributed by atoms with van der Waals surface area (Å²) in [5, 5.41) is -0.652. The fourth-order valence-electron chi connectivity index (χ4n) is 4.30. The Bertz CT molecular complexity index is 1480. The van der Waals surface area contributed by atoms with Gasteiger partial charge in [-0.1, -0.05) is 23.7 Å². The molecule has 1 aromatic heterocycles. The summed E-state index contributed by atoms with van der Waals surface area (Å²) in [5.74, 6) is -3.21. The molecule has 1 fully saturated rings.